The van der Waals surface area contributed by atoms with Gasteiger partial charge in [-0.25, -0.2) is 4.79 Å². The van der Waals surface area contributed by atoms with Crippen LogP contribution < -0.4 is 5.32 Å². The van der Waals surface area contributed by atoms with Crippen LogP contribution >= 0.6 is 35.1 Å². The lowest BCUT2D eigenvalue weighted by Gasteiger charge is -2.21. The third-order valence-corrected chi connectivity index (χ3v) is 6.15. The average Bonchev–Trinajstić information content (AvgIpc) is 2.47. The first-order valence-electron chi connectivity index (χ1n) is 6.53. The molecule has 2 N–H and O–H groups in total. The molecule has 2 rings (SSSR count). The minimum atomic E-state index is -1.07. The number of benzene rings is 1. The van der Waals surface area contributed by atoms with Gasteiger partial charge in [0.1, 0.15) is 0 Å². The number of halogens is 1. The highest BCUT2D eigenvalue weighted by molar-refractivity contribution is 8.06. The Hall–Kier alpha value is -0.850. The van der Waals surface area contributed by atoms with Crippen molar-refractivity contribution in [3.63, 3.8) is 0 Å². The smallest absolute Gasteiger partial charge is 0.330 e. The summed E-state index contributed by atoms with van der Waals surface area (Å²) in [5, 5.41) is 12.7. The van der Waals surface area contributed by atoms with Crippen molar-refractivity contribution in [2.45, 2.75) is 17.7 Å². The Morgan fingerprint density at radius 3 is 2.62 bits per heavy atom. The van der Waals surface area contributed by atoms with Gasteiger partial charge in [0, 0.05) is 34.0 Å². The summed E-state index contributed by atoms with van der Waals surface area (Å²) in [6.45, 7) is 0. The fourth-order valence-corrected chi connectivity index (χ4v) is 4.83. The van der Waals surface area contributed by atoms with E-state index in [-0.39, 0.29) is 11.2 Å². The van der Waals surface area contributed by atoms with Crippen molar-refractivity contribution < 1.29 is 14.7 Å². The van der Waals surface area contributed by atoms with Crippen molar-refractivity contribution in [1.82, 2.24) is 5.32 Å². The SMILES string of the molecule is O=C(CC1CSCCS1)NC(C(=O)O)c1ccc(Cl)cc1. The first-order valence-corrected chi connectivity index (χ1v) is 9.11. The van der Waals surface area contributed by atoms with E-state index in [4.69, 9.17) is 11.6 Å². The molecule has 0 aliphatic carbocycles. The van der Waals surface area contributed by atoms with Gasteiger partial charge in [-0.15, -0.1) is 0 Å². The summed E-state index contributed by atoms with van der Waals surface area (Å²) in [5.41, 5.74) is 0.519. The third-order valence-electron chi connectivity index (χ3n) is 3.05. The maximum Gasteiger partial charge on any atom is 0.330 e. The van der Waals surface area contributed by atoms with E-state index >= 15 is 0 Å². The molecule has 1 aliphatic heterocycles. The highest BCUT2D eigenvalue weighted by atomic mass is 35.5. The van der Waals surface area contributed by atoms with Crippen LogP contribution in [0.1, 0.15) is 18.0 Å². The largest absolute Gasteiger partial charge is 0.479 e. The quantitative estimate of drug-likeness (QED) is 0.859. The fraction of sp³-hybridized carbons (Fsp3) is 0.429. The van der Waals surface area contributed by atoms with Gasteiger partial charge in [0.15, 0.2) is 6.04 Å². The lowest BCUT2D eigenvalue weighted by atomic mass is 10.1. The molecule has 0 spiro atoms. The van der Waals surface area contributed by atoms with E-state index < -0.39 is 12.0 Å². The van der Waals surface area contributed by atoms with Crippen LogP contribution in [-0.2, 0) is 9.59 Å². The number of carbonyl (C=O) groups is 2. The number of carbonyl (C=O) groups excluding carboxylic acids is 1. The molecule has 114 valence electrons. The van der Waals surface area contributed by atoms with Crippen molar-refractivity contribution in [2.24, 2.45) is 0 Å². The molecule has 1 aromatic rings. The molecule has 2 unspecified atom stereocenters. The van der Waals surface area contributed by atoms with Gasteiger partial charge in [0.05, 0.1) is 0 Å². The highest BCUT2D eigenvalue weighted by Crippen LogP contribution is 2.26. The van der Waals surface area contributed by atoms with E-state index in [0.29, 0.717) is 17.0 Å². The second-order valence-corrected chi connectivity index (χ2v) is 7.66. The van der Waals surface area contributed by atoms with Crippen LogP contribution in [0, 0.1) is 0 Å². The average molecular weight is 346 g/mol. The highest BCUT2D eigenvalue weighted by Gasteiger charge is 2.24. The van der Waals surface area contributed by atoms with Gasteiger partial charge in [-0.3, -0.25) is 4.79 Å². The zero-order valence-corrected chi connectivity index (χ0v) is 13.6. The van der Waals surface area contributed by atoms with Gasteiger partial charge in [-0.05, 0) is 17.7 Å². The number of carboxylic acids is 1. The summed E-state index contributed by atoms with van der Waals surface area (Å²) in [6.07, 6.45) is 0.356. The van der Waals surface area contributed by atoms with Crippen molar-refractivity contribution in [2.75, 3.05) is 17.3 Å². The van der Waals surface area contributed by atoms with Gasteiger partial charge in [0.2, 0.25) is 5.91 Å². The second-order valence-electron chi connectivity index (χ2n) is 4.66. The number of aliphatic carboxylic acids is 1. The Labute approximate surface area is 137 Å². The molecule has 0 bridgehead atoms. The van der Waals surface area contributed by atoms with Gasteiger partial charge in [-0.2, -0.15) is 23.5 Å². The Balaban J connectivity index is 1.97. The molecule has 7 heteroatoms. The topological polar surface area (TPSA) is 66.4 Å². The predicted octanol–water partition coefficient (Wildman–Crippen LogP) is 2.82. The van der Waals surface area contributed by atoms with Gasteiger partial charge >= 0.3 is 5.97 Å². The zero-order valence-electron chi connectivity index (χ0n) is 11.3. The summed E-state index contributed by atoms with van der Waals surface area (Å²) >= 11 is 9.41. The van der Waals surface area contributed by atoms with Crippen LogP contribution in [0.15, 0.2) is 24.3 Å². The van der Waals surface area contributed by atoms with Crippen molar-refractivity contribution in [3.8, 4) is 0 Å². The van der Waals surface area contributed by atoms with E-state index in [0.717, 1.165) is 17.3 Å². The van der Waals surface area contributed by atoms with E-state index in [1.165, 1.54) is 0 Å². The minimum absolute atomic E-state index is 0.225. The van der Waals surface area contributed by atoms with E-state index in [2.05, 4.69) is 5.32 Å². The minimum Gasteiger partial charge on any atom is -0.479 e. The lowest BCUT2D eigenvalue weighted by Crippen LogP contribution is -2.35. The molecule has 2 atom stereocenters. The van der Waals surface area contributed by atoms with Crippen LogP contribution in [0.3, 0.4) is 0 Å². The summed E-state index contributed by atoms with van der Waals surface area (Å²) in [6, 6.07) is 5.44. The van der Waals surface area contributed by atoms with Gasteiger partial charge < -0.3 is 10.4 Å². The van der Waals surface area contributed by atoms with E-state index in [1.54, 1.807) is 36.0 Å². The summed E-state index contributed by atoms with van der Waals surface area (Å²) in [7, 11) is 0. The molecule has 1 aromatic carbocycles. The molecule has 0 radical (unpaired) electrons. The second kappa shape index (κ2) is 7.96. The van der Waals surface area contributed by atoms with Crippen LogP contribution in [0.4, 0.5) is 0 Å². The van der Waals surface area contributed by atoms with E-state index in [1.807, 2.05) is 11.8 Å². The summed E-state index contributed by atoms with van der Waals surface area (Å²) < 4.78 is 0. The van der Waals surface area contributed by atoms with Crippen molar-refractivity contribution in [3.05, 3.63) is 34.9 Å². The number of carboxylic acid groups (broad SMARTS) is 1. The monoisotopic (exact) mass is 345 g/mol. The maximum atomic E-state index is 12.0. The van der Waals surface area contributed by atoms with Crippen LogP contribution in [0.2, 0.25) is 5.02 Å². The third kappa shape index (κ3) is 5.13. The molecular weight excluding hydrogens is 330 g/mol. The molecule has 1 saturated heterocycles. The Morgan fingerprint density at radius 2 is 2.05 bits per heavy atom. The Kier molecular flexibility index (Phi) is 6.26. The molecule has 21 heavy (non-hydrogen) atoms. The summed E-state index contributed by atoms with van der Waals surface area (Å²) in [4.78, 5) is 23.4. The fourth-order valence-electron chi connectivity index (χ4n) is 2.02. The first kappa shape index (κ1) is 16.5. The molecule has 0 saturated carbocycles. The molecule has 1 amide bonds. The van der Waals surface area contributed by atoms with Gasteiger partial charge in [0.25, 0.3) is 0 Å². The number of hydrogen-bond acceptors (Lipinski definition) is 4. The number of amides is 1. The van der Waals surface area contributed by atoms with Crippen LogP contribution in [0.25, 0.3) is 0 Å². The van der Waals surface area contributed by atoms with Crippen LogP contribution in [-0.4, -0.2) is 39.5 Å². The maximum absolute atomic E-state index is 12.0. The molecule has 1 heterocycles. The lowest BCUT2D eigenvalue weighted by molar-refractivity contribution is -0.142. The number of hydrogen-bond donors (Lipinski definition) is 2. The summed E-state index contributed by atoms with van der Waals surface area (Å²) in [5.74, 6) is 1.80. The Bertz CT molecular complexity index is 503. The zero-order chi connectivity index (χ0) is 15.2. The van der Waals surface area contributed by atoms with Gasteiger partial charge in [-0.1, -0.05) is 23.7 Å². The first-order chi connectivity index (χ1) is 10.1. The molecular formula is C14H16ClNO3S2. The normalized spacial score (nSPS) is 19.8. The number of rotatable bonds is 5. The molecule has 0 aromatic heterocycles. The molecule has 1 aliphatic rings. The van der Waals surface area contributed by atoms with Crippen molar-refractivity contribution in [1.29, 1.82) is 0 Å². The molecule has 4 nitrogen and oxygen atoms in total. The number of nitrogens with one attached hydrogen (secondary N) is 1. The predicted molar refractivity (Wildman–Crippen MR) is 88.2 cm³/mol. The molecule has 1 fully saturated rings. The standard InChI is InChI=1S/C14H16ClNO3S2/c15-10-3-1-9(2-4-10)13(14(18)19)16-12(17)7-11-8-20-5-6-21-11/h1-4,11,13H,5-8H2,(H,16,17)(H,18,19). The Morgan fingerprint density at radius 1 is 1.33 bits per heavy atom. The van der Waals surface area contributed by atoms with Crippen LogP contribution in [0.5, 0.6) is 0 Å². The number of thioether (sulfide) groups is 2. The van der Waals surface area contributed by atoms with E-state index in [9.17, 15) is 14.7 Å². The van der Waals surface area contributed by atoms with Crippen molar-refractivity contribution >= 4 is 47.0 Å².